The molecule has 0 aliphatic carbocycles. The van der Waals surface area contributed by atoms with Crippen molar-refractivity contribution in [2.24, 2.45) is 0 Å². The minimum absolute atomic E-state index is 0.0109. The summed E-state index contributed by atoms with van der Waals surface area (Å²) in [5.41, 5.74) is 1.65. The molecule has 8 nitrogen and oxygen atoms in total. The maximum absolute atomic E-state index is 12.7. The molecule has 2 aliphatic rings. The van der Waals surface area contributed by atoms with Gasteiger partial charge in [-0.3, -0.25) is 9.69 Å². The van der Waals surface area contributed by atoms with Crippen LogP contribution in [0.5, 0.6) is 17.2 Å². The lowest BCUT2D eigenvalue weighted by molar-refractivity contribution is -0.153. The number of esters is 2. The van der Waals surface area contributed by atoms with Gasteiger partial charge in [0.2, 0.25) is 5.75 Å². The number of hydrogen-bond donors (Lipinski definition) is 0. The minimum Gasteiger partial charge on any atom is -0.493 e. The van der Waals surface area contributed by atoms with Gasteiger partial charge in [0, 0.05) is 31.4 Å². The third-order valence-electron chi connectivity index (χ3n) is 6.93. The summed E-state index contributed by atoms with van der Waals surface area (Å²) in [6.45, 7) is 0. The number of fused-ring (bicyclic) bond motifs is 2. The van der Waals surface area contributed by atoms with E-state index in [-0.39, 0.29) is 36.7 Å². The number of carbonyl (C=O) groups excluding carboxylic acids is 2. The molecule has 2 aromatic carbocycles. The maximum Gasteiger partial charge on any atom is 0.331 e. The average Bonchev–Trinajstić information content (AvgIpc) is 3.04. The Hall–Kier alpha value is -3.52. The molecule has 0 aromatic heterocycles. The van der Waals surface area contributed by atoms with E-state index >= 15 is 0 Å². The van der Waals surface area contributed by atoms with E-state index in [0.717, 1.165) is 18.4 Å². The summed E-state index contributed by atoms with van der Waals surface area (Å²) in [6, 6.07) is 13.3. The van der Waals surface area contributed by atoms with Crippen molar-refractivity contribution in [1.29, 1.82) is 0 Å². The lowest BCUT2D eigenvalue weighted by atomic mass is 10.00. The molecule has 0 radical (unpaired) electrons. The highest BCUT2D eigenvalue weighted by molar-refractivity contribution is 5.87. The van der Waals surface area contributed by atoms with Gasteiger partial charge in [-0.1, -0.05) is 30.3 Å². The molecule has 0 spiro atoms. The molecular formula is C28H33NO7. The monoisotopic (exact) mass is 495 g/mol. The summed E-state index contributed by atoms with van der Waals surface area (Å²) in [5, 5.41) is 0. The van der Waals surface area contributed by atoms with Crippen molar-refractivity contribution >= 4 is 18.0 Å². The lowest BCUT2D eigenvalue weighted by Crippen LogP contribution is -2.46. The third-order valence-corrected chi connectivity index (χ3v) is 6.93. The van der Waals surface area contributed by atoms with Gasteiger partial charge in [-0.15, -0.1) is 0 Å². The van der Waals surface area contributed by atoms with Gasteiger partial charge in [-0.05, 0) is 36.4 Å². The molecule has 0 amide bonds. The molecule has 4 atom stereocenters. The largest absolute Gasteiger partial charge is 0.493 e. The predicted octanol–water partition coefficient (Wildman–Crippen LogP) is 3.66. The van der Waals surface area contributed by atoms with Crippen LogP contribution in [0, 0.1) is 0 Å². The van der Waals surface area contributed by atoms with Gasteiger partial charge in [-0.25, -0.2) is 4.79 Å². The van der Waals surface area contributed by atoms with Crippen LogP contribution in [0.1, 0.15) is 30.4 Å². The Kier molecular flexibility index (Phi) is 8.15. The molecule has 2 fully saturated rings. The fraction of sp³-hybridized carbons (Fsp3) is 0.429. The highest BCUT2D eigenvalue weighted by Gasteiger charge is 2.47. The predicted molar refractivity (Wildman–Crippen MR) is 134 cm³/mol. The molecule has 2 bridgehead atoms. The number of piperidine rings is 1. The first-order chi connectivity index (χ1) is 17.4. The topological polar surface area (TPSA) is 83.5 Å². The van der Waals surface area contributed by atoms with Crippen molar-refractivity contribution in [2.45, 2.75) is 50.0 Å². The Morgan fingerprint density at radius 3 is 2.28 bits per heavy atom. The molecule has 3 unspecified atom stereocenters. The van der Waals surface area contributed by atoms with Crippen LogP contribution in [0.15, 0.2) is 48.5 Å². The van der Waals surface area contributed by atoms with Crippen LogP contribution in [-0.4, -0.2) is 69.5 Å². The van der Waals surface area contributed by atoms with Gasteiger partial charge >= 0.3 is 11.9 Å². The Balaban J connectivity index is 1.35. The van der Waals surface area contributed by atoms with Crippen LogP contribution in [0.2, 0.25) is 0 Å². The van der Waals surface area contributed by atoms with Crippen molar-refractivity contribution in [3.05, 3.63) is 59.7 Å². The number of nitrogens with zero attached hydrogens (tertiary/aromatic N) is 1. The van der Waals surface area contributed by atoms with E-state index in [4.69, 9.17) is 23.7 Å². The van der Waals surface area contributed by atoms with Crippen LogP contribution in [0.4, 0.5) is 0 Å². The molecule has 4 rings (SSSR count). The van der Waals surface area contributed by atoms with Crippen molar-refractivity contribution in [1.82, 2.24) is 4.90 Å². The Morgan fingerprint density at radius 2 is 1.64 bits per heavy atom. The fourth-order valence-corrected chi connectivity index (χ4v) is 5.14. The van der Waals surface area contributed by atoms with Crippen LogP contribution in [0.3, 0.4) is 0 Å². The Bertz CT molecular complexity index is 1080. The molecule has 0 saturated carbocycles. The van der Waals surface area contributed by atoms with Gasteiger partial charge in [0.1, 0.15) is 12.2 Å². The van der Waals surface area contributed by atoms with E-state index in [1.165, 1.54) is 13.2 Å². The molecule has 8 heteroatoms. The van der Waals surface area contributed by atoms with E-state index < -0.39 is 5.97 Å². The zero-order chi connectivity index (χ0) is 25.7. The van der Waals surface area contributed by atoms with Crippen molar-refractivity contribution in [3.63, 3.8) is 0 Å². The number of carbonyl (C=O) groups is 2. The molecule has 2 aliphatic heterocycles. The van der Waals surface area contributed by atoms with E-state index in [1.807, 2.05) is 37.4 Å². The first-order valence-corrected chi connectivity index (χ1v) is 12.1. The van der Waals surface area contributed by atoms with Gasteiger partial charge < -0.3 is 23.7 Å². The Morgan fingerprint density at radius 1 is 0.944 bits per heavy atom. The van der Waals surface area contributed by atoms with E-state index in [9.17, 15) is 9.59 Å². The summed E-state index contributed by atoms with van der Waals surface area (Å²) < 4.78 is 27.7. The number of benzene rings is 2. The quantitative estimate of drug-likeness (QED) is 0.385. The second-order valence-electron chi connectivity index (χ2n) is 9.14. The van der Waals surface area contributed by atoms with Crippen molar-refractivity contribution in [3.8, 4) is 17.2 Å². The maximum atomic E-state index is 12.7. The van der Waals surface area contributed by atoms with Crippen LogP contribution in [0.25, 0.3) is 6.08 Å². The van der Waals surface area contributed by atoms with Crippen molar-refractivity contribution in [2.75, 3.05) is 28.4 Å². The average molecular weight is 496 g/mol. The van der Waals surface area contributed by atoms with Gasteiger partial charge in [0.15, 0.2) is 11.5 Å². The first-order valence-electron chi connectivity index (χ1n) is 12.1. The molecule has 2 heterocycles. The van der Waals surface area contributed by atoms with Gasteiger partial charge in [0.05, 0.1) is 33.8 Å². The smallest absolute Gasteiger partial charge is 0.331 e. The summed E-state index contributed by atoms with van der Waals surface area (Å²) in [4.78, 5) is 27.4. The normalized spacial score (nSPS) is 23.3. The van der Waals surface area contributed by atoms with Crippen LogP contribution in [-0.2, 0) is 25.5 Å². The highest BCUT2D eigenvalue weighted by atomic mass is 16.6. The molecule has 2 aromatic rings. The van der Waals surface area contributed by atoms with E-state index in [0.29, 0.717) is 29.2 Å². The van der Waals surface area contributed by atoms with E-state index in [2.05, 4.69) is 4.90 Å². The molecule has 2 saturated heterocycles. The zero-order valence-electron chi connectivity index (χ0n) is 21.1. The third kappa shape index (κ3) is 5.82. The molecule has 0 N–H and O–H groups in total. The second kappa shape index (κ2) is 11.5. The summed E-state index contributed by atoms with van der Waals surface area (Å²) in [7, 11) is 6.66. The highest BCUT2D eigenvalue weighted by Crippen LogP contribution is 2.39. The van der Waals surface area contributed by atoms with Crippen LogP contribution >= 0.6 is 0 Å². The number of ether oxygens (including phenoxy) is 5. The Labute approximate surface area is 211 Å². The molecule has 36 heavy (non-hydrogen) atoms. The first kappa shape index (κ1) is 25.6. The number of hydrogen-bond acceptors (Lipinski definition) is 8. The number of likely N-dealkylation sites (N-methyl/N-ethyl adjacent to an activating group) is 1. The van der Waals surface area contributed by atoms with Crippen LogP contribution < -0.4 is 14.2 Å². The van der Waals surface area contributed by atoms with Gasteiger partial charge in [0.25, 0.3) is 0 Å². The SMILES string of the molecule is COc1cc(C=CC(=O)O[C@H]2CC3CC(OC(=O)Cc4ccccc4)CC2N3C)cc(OC)c1OC. The number of rotatable bonds is 9. The summed E-state index contributed by atoms with van der Waals surface area (Å²) >= 11 is 0. The fourth-order valence-electron chi connectivity index (χ4n) is 5.14. The lowest BCUT2D eigenvalue weighted by Gasteiger charge is -2.36. The molecular weight excluding hydrogens is 462 g/mol. The van der Waals surface area contributed by atoms with Gasteiger partial charge in [-0.2, -0.15) is 0 Å². The van der Waals surface area contributed by atoms with Crippen molar-refractivity contribution < 1.29 is 33.3 Å². The standard InChI is InChI=1S/C28H33NO7/c1-29-20-15-21(35-27(31)14-18-8-6-5-7-9-18)17-22(29)23(16-20)36-26(30)11-10-19-12-24(32-2)28(34-4)25(13-19)33-3/h5-13,20-23H,14-17H2,1-4H3/t20?,21?,22?,23-/m0/s1. The zero-order valence-corrected chi connectivity index (χ0v) is 21.1. The second-order valence-corrected chi connectivity index (χ2v) is 9.14. The number of methoxy groups -OCH3 is 3. The minimum atomic E-state index is -0.424. The van der Waals surface area contributed by atoms with E-state index in [1.54, 1.807) is 32.4 Å². The summed E-state index contributed by atoms with van der Waals surface area (Å²) in [5.74, 6) is 0.845. The summed E-state index contributed by atoms with van der Waals surface area (Å²) in [6.07, 6.45) is 4.99. The molecule has 192 valence electrons.